The third-order valence-corrected chi connectivity index (χ3v) is 5.18. The lowest BCUT2D eigenvalue weighted by Gasteiger charge is -2.39. The second-order valence-electron chi connectivity index (χ2n) is 7.19. The molecule has 2 aliphatic rings. The van der Waals surface area contributed by atoms with Crippen molar-refractivity contribution < 1.29 is 0 Å². The Morgan fingerprint density at radius 2 is 2.05 bits per heavy atom. The zero-order valence-electron chi connectivity index (χ0n) is 13.4. The van der Waals surface area contributed by atoms with E-state index in [1.165, 1.54) is 43.4 Å². The van der Waals surface area contributed by atoms with Crippen LogP contribution in [0, 0.1) is 5.41 Å². The largest absolute Gasteiger partial charge is 0.368 e. The molecule has 2 heterocycles. The SMILES string of the molecule is CC1(C)CCCNC1CNc1ncnc2c1CCCCC2. The van der Waals surface area contributed by atoms with E-state index in [0.717, 1.165) is 31.7 Å². The summed E-state index contributed by atoms with van der Waals surface area (Å²) >= 11 is 0. The van der Waals surface area contributed by atoms with Crippen LogP contribution in [0.4, 0.5) is 5.82 Å². The van der Waals surface area contributed by atoms with Gasteiger partial charge < -0.3 is 10.6 Å². The molecule has 0 spiro atoms. The van der Waals surface area contributed by atoms with Gasteiger partial charge in [0.2, 0.25) is 0 Å². The molecule has 1 saturated heterocycles. The van der Waals surface area contributed by atoms with Crippen LogP contribution in [0.2, 0.25) is 0 Å². The first-order valence-electron chi connectivity index (χ1n) is 8.47. The number of nitrogens with zero attached hydrogens (tertiary/aromatic N) is 2. The maximum atomic E-state index is 4.52. The molecule has 4 nitrogen and oxygen atoms in total. The summed E-state index contributed by atoms with van der Waals surface area (Å²) in [6.07, 6.45) is 10.4. The van der Waals surface area contributed by atoms with Gasteiger partial charge in [-0.25, -0.2) is 9.97 Å². The summed E-state index contributed by atoms with van der Waals surface area (Å²) in [4.78, 5) is 9.01. The van der Waals surface area contributed by atoms with Crippen LogP contribution in [0.15, 0.2) is 6.33 Å². The Hall–Kier alpha value is -1.16. The highest BCUT2D eigenvalue weighted by molar-refractivity contribution is 5.46. The van der Waals surface area contributed by atoms with E-state index in [-0.39, 0.29) is 0 Å². The second kappa shape index (κ2) is 6.30. The van der Waals surface area contributed by atoms with Crippen LogP contribution in [0.3, 0.4) is 0 Å². The predicted molar refractivity (Wildman–Crippen MR) is 86.6 cm³/mol. The highest BCUT2D eigenvalue weighted by Gasteiger charge is 2.31. The fourth-order valence-corrected chi connectivity index (χ4v) is 3.67. The number of anilines is 1. The number of rotatable bonds is 3. The third-order valence-electron chi connectivity index (χ3n) is 5.18. The van der Waals surface area contributed by atoms with Crippen molar-refractivity contribution in [1.29, 1.82) is 0 Å². The van der Waals surface area contributed by atoms with Gasteiger partial charge in [-0.2, -0.15) is 0 Å². The molecule has 1 aromatic heterocycles. The smallest absolute Gasteiger partial charge is 0.132 e. The van der Waals surface area contributed by atoms with Crippen LogP contribution in [0.25, 0.3) is 0 Å². The van der Waals surface area contributed by atoms with Gasteiger partial charge in [0.25, 0.3) is 0 Å². The van der Waals surface area contributed by atoms with Gasteiger partial charge in [-0.1, -0.05) is 20.3 Å². The number of fused-ring (bicyclic) bond motifs is 1. The van der Waals surface area contributed by atoms with Crippen LogP contribution in [0.5, 0.6) is 0 Å². The quantitative estimate of drug-likeness (QED) is 0.840. The van der Waals surface area contributed by atoms with E-state index in [4.69, 9.17) is 0 Å². The average molecular weight is 288 g/mol. The molecule has 3 rings (SSSR count). The van der Waals surface area contributed by atoms with Gasteiger partial charge in [0, 0.05) is 23.8 Å². The van der Waals surface area contributed by atoms with Crippen LogP contribution >= 0.6 is 0 Å². The molecule has 21 heavy (non-hydrogen) atoms. The van der Waals surface area contributed by atoms with Crippen LogP contribution < -0.4 is 10.6 Å². The summed E-state index contributed by atoms with van der Waals surface area (Å²) in [5.41, 5.74) is 2.99. The summed E-state index contributed by atoms with van der Waals surface area (Å²) in [6.45, 7) is 6.83. The van der Waals surface area contributed by atoms with Gasteiger partial charge in [-0.15, -0.1) is 0 Å². The Morgan fingerprint density at radius 3 is 2.90 bits per heavy atom. The van der Waals surface area contributed by atoms with E-state index < -0.39 is 0 Å². The fourth-order valence-electron chi connectivity index (χ4n) is 3.67. The van der Waals surface area contributed by atoms with Gasteiger partial charge in [0.05, 0.1) is 0 Å². The lowest BCUT2D eigenvalue weighted by atomic mass is 9.77. The molecular formula is C17H28N4. The Bertz CT molecular complexity index is 484. The van der Waals surface area contributed by atoms with Crippen molar-refractivity contribution in [2.24, 2.45) is 5.41 Å². The first-order chi connectivity index (χ1) is 10.2. The fraction of sp³-hybridized carbons (Fsp3) is 0.765. The summed E-state index contributed by atoms with van der Waals surface area (Å²) in [5, 5.41) is 7.28. The molecule has 0 aromatic carbocycles. The van der Waals surface area contributed by atoms with E-state index in [0.29, 0.717) is 11.5 Å². The maximum absolute atomic E-state index is 4.52. The van der Waals surface area contributed by atoms with E-state index >= 15 is 0 Å². The standard InChI is InChI=1S/C17H28N4/c1-17(2)9-6-10-18-15(17)11-19-16-13-7-4-3-5-8-14(13)20-12-21-16/h12,15,18H,3-11H2,1-2H3,(H,19,20,21). The zero-order valence-corrected chi connectivity index (χ0v) is 13.4. The molecule has 1 aliphatic heterocycles. The number of aryl methyl sites for hydroxylation is 1. The highest BCUT2D eigenvalue weighted by Crippen LogP contribution is 2.30. The predicted octanol–water partition coefficient (Wildman–Crippen LogP) is 2.94. The van der Waals surface area contributed by atoms with Gasteiger partial charge >= 0.3 is 0 Å². The number of hydrogen-bond donors (Lipinski definition) is 2. The van der Waals surface area contributed by atoms with Crippen molar-refractivity contribution in [2.45, 2.75) is 64.8 Å². The topological polar surface area (TPSA) is 49.8 Å². The Morgan fingerprint density at radius 1 is 1.19 bits per heavy atom. The summed E-state index contributed by atoms with van der Waals surface area (Å²) in [5.74, 6) is 1.07. The second-order valence-corrected chi connectivity index (χ2v) is 7.19. The summed E-state index contributed by atoms with van der Waals surface area (Å²) in [7, 11) is 0. The monoisotopic (exact) mass is 288 g/mol. The third kappa shape index (κ3) is 3.37. The highest BCUT2D eigenvalue weighted by atomic mass is 15.1. The minimum absolute atomic E-state index is 0.356. The first-order valence-corrected chi connectivity index (χ1v) is 8.47. The van der Waals surface area contributed by atoms with Crippen LogP contribution in [0.1, 0.15) is 57.2 Å². The zero-order chi connectivity index (χ0) is 14.7. The lowest BCUT2D eigenvalue weighted by Crippen LogP contribution is -2.50. The molecule has 0 amide bonds. The molecule has 1 aromatic rings. The molecule has 1 atom stereocenters. The maximum Gasteiger partial charge on any atom is 0.132 e. The van der Waals surface area contributed by atoms with Crippen molar-refractivity contribution in [3.8, 4) is 0 Å². The van der Waals surface area contributed by atoms with Crippen LogP contribution in [-0.2, 0) is 12.8 Å². The molecule has 2 N–H and O–H groups in total. The van der Waals surface area contributed by atoms with Crippen molar-refractivity contribution >= 4 is 5.82 Å². The molecule has 1 fully saturated rings. The van der Waals surface area contributed by atoms with E-state index in [1.54, 1.807) is 6.33 Å². The molecule has 4 heteroatoms. The van der Waals surface area contributed by atoms with Gasteiger partial charge in [-0.05, 0) is 50.5 Å². The molecule has 0 bridgehead atoms. The van der Waals surface area contributed by atoms with Crippen molar-refractivity contribution in [2.75, 3.05) is 18.4 Å². The average Bonchev–Trinajstić information content (AvgIpc) is 2.71. The van der Waals surface area contributed by atoms with Gasteiger partial charge in [-0.3, -0.25) is 0 Å². The molecule has 0 saturated carbocycles. The van der Waals surface area contributed by atoms with Gasteiger partial charge in [0.1, 0.15) is 12.1 Å². The lowest BCUT2D eigenvalue weighted by molar-refractivity contribution is 0.188. The van der Waals surface area contributed by atoms with Gasteiger partial charge in [0.15, 0.2) is 0 Å². The molecule has 116 valence electrons. The number of aromatic nitrogens is 2. The van der Waals surface area contributed by atoms with E-state index in [9.17, 15) is 0 Å². The minimum atomic E-state index is 0.356. The van der Waals surface area contributed by atoms with Crippen molar-refractivity contribution in [3.05, 3.63) is 17.6 Å². The van der Waals surface area contributed by atoms with E-state index in [1.807, 2.05) is 0 Å². The summed E-state index contributed by atoms with van der Waals surface area (Å²) in [6, 6.07) is 0.516. The first kappa shape index (κ1) is 14.8. The van der Waals surface area contributed by atoms with E-state index in [2.05, 4.69) is 34.4 Å². The summed E-state index contributed by atoms with van der Waals surface area (Å²) < 4.78 is 0. The minimum Gasteiger partial charge on any atom is -0.368 e. The van der Waals surface area contributed by atoms with Crippen molar-refractivity contribution in [3.63, 3.8) is 0 Å². The van der Waals surface area contributed by atoms with Crippen molar-refractivity contribution in [1.82, 2.24) is 15.3 Å². The molecular weight excluding hydrogens is 260 g/mol. The molecule has 0 radical (unpaired) electrons. The number of nitrogens with one attached hydrogen (secondary N) is 2. The molecule has 1 aliphatic carbocycles. The Kier molecular flexibility index (Phi) is 4.43. The normalized spacial score (nSPS) is 25.0. The Balaban J connectivity index is 1.70. The Labute approximate surface area is 128 Å². The number of hydrogen-bond acceptors (Lipinski definition) is 4. The molecule has 1 unspecified atom stereocenters. The number of piperidine rings is 1. The van der Waals surface area contributed by atoms with Crippen LogP contribution in [-0.4, -0.2) is 29.1 Å².